The van der Waals surface area contributed by atoms with Crippen LogP contribution in [0.15, 0.2) is 56.3 Å². The zero-order valence-electron chi connectivity index (χ0n) is 11.4. The average Bonchev–Trinajstić information content (AvgIpc) is 3.19. The number of hydrogen-bond donors (Lipinski definition) is 0. The first-order valence-electron chi connectivity index (χ1n) is 6.36. The van der Waals surface area contributed by atoms with E-state index in [1.807, 2.05) is 11.4 Å². The molecule has 0 aliphatic rings. The van der Waals surface area contributed by atoms with E-state index in [2.05, 4.69) is 10.2 Å². The standard InChI is InChI=1S/C15H9ClN2O3S2/c16-11-6-2-1-5-10(11)13-17-18-15(21-13)23-12(14(19)20)8-9-4-3-7-22-9/h1-8H,(H,19,20)/p-1/b12-8+. The van der Waals surface area contributed by atoms with Crippen molar-refractivity contribution >= 4 is 46.7 Å². The number of aliphatic carboxylic acids is 1. The van der Waals surface area contributed by atoms with Crippen LogP contribution in [0.25, 0.3) is 17.5 Å². The van der Waals surface area contributed by atoms with Gasteiger partial charge in [0.2, 0.25) is 5.89 Å². The second-order valence-electron chi connectivity index (χ2n) is 4.27. The number of thiophene rings is 1. The molecule has 0 unspecified atom stereocenters. The number of rotatable bonds is 5. The van der Waals surface area contributed by atoms with Gasteiger partial charge in [-0.15, -0.1) is 21.5 Å². The third kappa shape index (κ3) is 3.82. The first-order chi connectivity index (χ1) is 11.1. The van der Waals surface area contributed by atoms with Gasteiger partial charge >= 0.3 is 0 Å². The third-order valence-corrected chi connectivity index (χ3v) is 4.72. The predicted octanol–water partition coefficient (Wildman–Crippen LogP) is 3.33. The van der Waals surface area contributed by atoms with Gasteiger partial charge < -0.3 is 14.3 Å². The second-order valence-corrected chi connectivity index (χ2v) is 6.65. The lowest BCUT2D eigenvalue weighted by molar-refractivity contribution is -0.298. The Morgan fingerprint density at radius 2 is 2.09 bits per heavy atom. The molecule has 8 heteroatoms. The number of carbonyl (C=O) groups is 1. The van der Waals surface area contributed by atoms with Crippen LogP contribution in [0.2, 0.25) is 5.02 Å². The molecule has 0 radical (unpaired) electrons. The Kier molecular flexibility index (Phi) is 4.80. The molecule has 0 amide bonds. The van der Waals surface area contributed by atoms with E-state index >= 15 is 0 Å². The summed E-state index contributed by atoms with van der Waals surface area (Å²) in [6, 6.07) is 10.7. The molecule has 0 N–H and O–H groups in total. The third-order valence-electron chi connectivity index (χ3n) is 2.73. The molecule has 1 aromatic carbocycles. The number of carboxylic acids is 1. The predicted molar refractivity (Wildman–Crippen MR) is 87.9 cm³/mol. The maximum atomic E-state index is 11.3. The lowest BCUT2D eigenvalue weighted by Crippen LogP contribution is -2.22. The number of nitrogens with zero attached hydrogens (tertiary/aromatic N) is 2. The summed E-state index contributed by atoms with van der Waals surface area (Å²) in [5, 5.41) is 21.4. The molecule has 0 saturated carbocycles. The van der Waals surface area contributed by atoms with Gasteiger partial charge in [-0.3, -0.25) is 0 Å². The summed E-state index contributed by atoms with van der Waals surface area (Å²) in [4.78, 5) is 12.0. The monoisotopic (exact) mass is 363 g/mol. The number of carboxylic acid groups (broad SMARTS) is 1. The van der Waals surface area contributed by atoms with Crippen LogP contribution in [-0.4, -0.2) is 16.2 Å². The van der Waals surface area contributed by atoms with Crippen molar-refractivity contribution in [3.8, 4) is 11.5 Å². The highest BCUT2D eigenvalue weighted by molar-refractivity contribution is 8.03. The highest BCUT2D eigenvalue weighted by atomic mass is 35.5. The highest BCUT2D eigenvalue weighted by Crippen LogP contribution is 2.32. The van der Waals surface area contributed by atoms with Gasteiger partial charge in [0.25, 0.3) is 5.22 Å². The Labute approximate surface area is 144 Å². The zero-order valence-corrected chi connectivity index (χ0v) is 13.8. The van der Waals surface area contributed by atoms with E-state index in [0.29, 0.717) is 10.6 Å². The van der Waals surface area contributed by atoms with Crippen LogP contribution < -0.4 is 5.11 Å². The number of thioether (sulfide) groups is 1. The van der Waals surface area contributed by atoms with Crippen molar-refractivity contribution in [1.29, 1.82) is 0 Å². The van der Waals surface area contributed by atoms with Gasteiger partial charge in [-0.05, 0) is 41.4 Å². The number of carbonyl (C=O) groups excluding carboxylic acids is 1. The van der Waals surface area contributed by atoms with Crippen molar-refractivity contribution in [2.24, 2.45) is 0 Å². The first kappa shape index (κ1) is 15.8. The topological polar surface area (TPSA) is 79.0 Å². The Bertz CT molecular complexity index is 859. The van der Waals surface area contributed by atoms with Crippen LogP contribution in [0.3, 0.4) is 0 Å². The van der Waals surface area contributed by atoms with Crippen LogP contribution in [0.5, 0.6) is 0 Å². The lowest BCUT2D eigenvalue weighted by Gasteiger charge is -2.04. The smallest absolute Gasteiger partial charge is 0.281 e. The highest BCUT2D eigenvalue weighted by Gasteiger charge is 2.14. The molecule has 0 bridgehead atoms. The molecule has 3 aromatic rings. The van der Waals surface area contributed by atoms with Crippen LogP contribution in [0.1, 0.15) is 4.88 Å². The normalized spacial score (nSPS) is 11.6. The maximum Gasteiger partial charge on any atom is 0.281 e. The number of hydrogen-bond acceptors (Lipinski definition) is 7. The fourth-order valence-electron chi connectivity index (χ4n) is 1.72. The van der Waals surface area contributed by atoms with Crippen molar-refractivity contribution in [1.82, 2.24) is 10.2 Å². The molecule has 0 atom stereocenters. The van der Waals surface area contributed by atoms with Crippen LogP contribution in [0.4, 0.5) is 0 Å². The number of benzene rings is 1. The van der Waals surface area contributed by atoms with Crippen molar-refractivity contribution in [3.05, 3.63) is 56.6 Å². The molecule has 0 aliphatic heterocycles. The summed E-state index contributed by atoms with van der Waals surface area (Å²) in [5.41, 5.74) is 0.589. The summed E-state index contributed by atoms with van der Waals surface area (Å²) < 4.78 is 5.48. The van der Waals surface area contributed by atoms with E-state index in [0.717, 1.165) is 16.6 Å². The summed E-state index contributed by atoms with van der Waals surface area (Å²) in [7, 11) is 0. The molecule has 2 aromatic heterocycles. The molecule has 0 aliphatic carbocycles. The fraction of sp³-hybridized carbons (Fsp3) is 0. The van der Waals surface area contributed by atoms with Crippen molar-refractivity contribution in [2.45, 2.75) is 5.22 Å². The molecule has 0 spiro atoms. The minimum Gasteiger partial charge on any atom is -0.544 e. The molecule has 3 rings (SSSR count). The summed E-state index contributed by atoms with van der Waals surface area (Å²) in [6.45, 7) is 0. The van der Waals surface area contributed by atoms with Gasteiger partial charge in [0.05, 0.1) is 16.6 Å². The van der Waals surface area contributed by atoms with Gasteiger partial charge in [-0.1, -0.05) is 29.8 Å². The van der Waals surface area contributed by atoms with E-state index < -0.39 is 5.97 Å². The SMILES string of the molecule is O=C([O-])/C(=C\c1cccs1)Sc1nnc(-c2ccccc2Cl)o1. The summed E-state index contributed by atoms with van der Waals surface area (Å²) in [5.74, 6) is -1.08. The molecule has 5 nitrogen and oxygen atoms in total. The largest absolute Gasteiger partial charge is 0.544 e. The fourth-order valence-corrected chi connectivity index (χ4v) is 3.33. The van der Waals surface area contributed by atoms with Crippen molar-refractivity contribution in [3.63, 3.8) is 0 Å². The van der Waals surface area contributed by atoms with Crippen LogP contribution in [-0.2, 0) is 4.79 Å². The number of halogens is 1. The first-order valence-corrected chi connectivity index (χ1v) is 8.43. The number of aromatic nitrogens is 2. The van der Waals surface area contributed by atoms with E-state index in [-0.39, 0.29) is 16.0 Å². The minimum absolute atomic E-state index is 0.0122. The van der Waals surface area contributed by atoms with Crippen molar-refractivity contribution < 1.29 is 14.3 Å². The Morgan fingerprint density at radius 3 is 2.78 bits per heavy atom. The van der Waals surface area contributed by atoms with E-state index in [1.54, 1.807) is 30.3 Å². The van der Waals surface area contributed by atoms with Crippen molar-refractivity contribution in [2.75, 3.05) is 0 Å². The Hall–Kier alpha value is -2.09. The summed E-state index contributed by atoms with van der Waals surface area (Å²) in [6.07, 6.45) is 1.50. The lowest BCUT2D eigenvalue weighted by atomic mass is 10.2. The molecular formula is C15H8ClN2O3S2-. The quantitative estimate of drug-likeness (QED) is 0.511. The minimum atomic E-state index is -1.30. The van der Waals surface area contributed by atoms with Gasteiger partial charge in [-0.2, -0.15) is 0 Å². The van der Waals surface area contributed by atoms with E-state index in [1.165, 1.54) is 17.4 Å². The van der Waals surface area contributed by atoms with Gasteiger partial charge in [0.15, 0.2) is 0 Å². The molecular weight excluding hydrogens is 356 g/mol. The van der Waals surface area contributed by atoms with Gasteiger partial charge in [-0.25, -0.2) is 0 Å². The van der Waals surface area contributed by atoms with Gasteiger partial charge in [0.1, 0.15) is 0 Å². The van der Waals surface area contributed by atoms with Gasteiger partial charge in [0, 0.05) is 9.78 Å². The Balaban J connectivity index is 1.85. The maximum absolute atomic E-state index is 11.3. The molecule has 0 saturated heterocycles. The second kappa shape index (κ2) is 6.99. The molecule has 116 valence electrons. The van der Waals surface area contributed by atoms with Crippen LogP contribution in [0, 0.1) is 0 Å². The molecule has 2 heterocycles. The van der Waals surface area contributed by atoms with E-state index in [4.69, 9.17) is 16.0 Å². The zero-order chi connectivity index (χ0) is 16.2. The average molecular weight is 364 g/mol. The van der Waals surface area contributed by atoms with Crippen LogP contribution >= 0.6 is 34.7 Å². The summed E-state index contributed by atoms with van der Waals surface area (Å²) >= 11 is 8.33. The molecule has 0 fully saturated rings. The van der Waals surface area contributed by atoms with E-state index in [9.17, 15) is 9.90 Å². The molecule has 23 heavy (non-hydrogen) atoms. The Morgan fingerprint density at radius 1 is 1.26 bits per heavy atom.